The van der Waals surface area contributed by atoms with Crippen LogP contribution in [-0.4, -0.2) is 33.5 Å². The van der Waals surface area contributed by atoms with Crippen LogP contribution in [0.15, 0.2) is 53.4 Å². The Morgan fingerprint density at radius 3 is 2.03 bits per heavy atom. The molecule has 0 aliphatic heterocycles. The quantitative estimate of drug-likeness (QED) is 0.466. The van der Waals surface area contributed by atoms with Crippen LogP contribution in [0.1, 0.15) is 32.4 Å². The zero-order valence-electron chi connectivity index (χ0n) is 17.9. The van der Waals surface area contributed by atoms with E-state index >= 15 is 0 Å². The van der Waals surface area contributed by atoms with Crippen molar-refractivity contribution in [3.63, 3.8) is 0 Å². The number of sulfonamides is 1. The molecule has 168 valence electrons. The molecule has 10 heteroatoms. The van der Waals surface area contributed by atoms with Gasteiger partial charge in [0.25, 0.3) is 0 Å². The molecule has 0 saturated carbocycles. The average Bonchev–Trinajstić information content (AvgIpc) is 2.71. The van der Waals surface area contributed by atoms with Gasteiger partial charge in [-0.05, 0) is 54.8 Å². The highest BCUT2D eigenvalue weighted by Crippen LogP contribution is 2.19. The predicted molar refractivity (Wildman–Crippen MR) is 118 cm³/mol. The number of methoxy groups -OCH3 is 1. The first-order valence-corrected chi connectivity index (χ1v) is 11.1. The van der Waals surface area contributed by atoms with Crippen molar-refractivity contribution in [2.75, 3.05) is 12.4 Å². The zero-order chi connectivity index (χ0) is 23.2. The number of ether oxygens (including phenoxy) is 1. The maximum atomic E-state index is 12.9. The maximum Gasteiger partial charge on any atom is 0.316 e. The maximum absolute atomic E-state index is 12.9. The number of primary amides is 1. The van der Waals surface area contributed by atoms with Crippen LogP contribution in [0.4, 0.5) is 10.5 Å². The van der Waals surface area contributed by atoms with Gasteiger partial charge in [0.2, 0.25) is 15.9 Å². The number of anilines is 1. The number of carbonyl (C=O) groups excluding carboxylic acids is 2. The Hall–Kier alpha value is -3.11. The van der Waals surface area contributed by atoms with Crippen LogP contribution in [0.2, 0.25) is 0 Å². The lowest BCUT2D eigenvalue weighted by Gasteiger charge is -2.24. The van der Waals surface area contributed by atoms with Crippen molar-refractivity contribution in [1.29, 1.82) is 0 Å². The summed E-state index contributed by atoms with van der Waals surface area (Å²) in [5, 5.41) is 5.29. The standard InChI is InChI=1S/C21H28N4O5S/c1-13(2)19(25-31(28,29)18-11-9-17(30-4)10-12-18)20(26)23-14(3)15-5-7-16(8-6-15)24-21(22)27/h5-14,19,25H,1-4H3,(H,23,26)(H3,22,24,27)/t14?,19-/m0/s1. The van der Waals surface area contributed by atoms with Gasteiger partial charge in [0.05, 0.1) is 18.0 Å². The number of hydrogen-bond donors (Lipinski definition) is 4. The lowest BCUT2D eigenvalue weighted by Crippen LogP contribution is -2.50. The van der Waals surface area contributed by atoms with Gasteiger partial charge in [-0.3, -0.25) is 4.79 Å². The van der Waals surface area contributed by atoms with Gasteiger partial charge in [0, 0.05) is 5.69 Å². The third-order valence-corrected chi connectivity index (χ3v) is 6.09. The third-order valence-electron chi connectivity index (χ3n) is 4.64. The molecule has 31 heavy (non-hydrogen) atoms. The minimum atomic E-state index is -3.91. The minimum Gasteiger partial charge on any atom is -0.497 e. The highest BCUT2D eigenvalue weighted by atomic mass is 32.2. The summed E-state index contributed by atoms with van der Waals surface area (Å²) in [5.74, 6) is -0.204. The fourth-order valence-electron chi connectivity index (χ4n) is 2.87. The van der Waals surface area contributed by atoms with Crippen LogP contribution in [0.5, 0.6) is 5.75 Å². The van der Waals surface area contributed by atoms with E-state index in [1.54, 1.807) is 45.0 Å². The van der Waals surface area contributed by atoms with Crippen molar-refractivity contribution in [2.24, 2.45) is 11.7 Å². The van der Waals surface area contributed by atoms with E-state index in [1.165, 1.54) is 31.4 Å². The van der Waals surface area contributed by atoms with Crippen LogP contribution in [0.3, 0.4) is 0 Å². The molecule has 2 atom stereocenters. The first-order valence-electron chi connectivity index (χ1n) is 9.66. The van der Waals surface area contributed by atoms with E-state index in [2.05, 4.69) is 15.4 Å². The highest BCUT2D eigenvalue weighted by molar-refractivity contribution is 7.89. The Morgan fingerprint density at radius 2 is 1.55 bits per heavy atom. The SMILES string of the molecule is COc1ccc(S(=O)(=O)N[C@H](C(=O)NC(C)c2ccc(NC(N)=O)cc2)C(C)C)cc1. The molecule has 0 spiro atoms. The van der Waals surface area contributed by atoms with E-state index in [9.17, 15) is 18.0 Å². The second kappa shape index (κ2) is 10.3. The summed E-state index contributed by atoms with van der Waals surface area (Å²) in [6.07, 6.45) is 0. The molecule has 9 nitrogen and oxygen atoms in total. The number of nitrogens with one attached hydrogen (secondary N) is 3. The van der Waals surface area contributed by atoms with Crippen molar-refractivity contribution < 1.29 is 22.7 Å². The molecule has 2 rings (SSSR count). The van der Waals surface area contributed by atoms with Gasteiger partial charge >= 0.3 is 6.03 Å². The molecule has 0 heterocycles. The third kappa shape index (κ3) is 6.69. The van der Waals surface area contributed by atoms with E-state index in [0.29, 0.717) is 11.4 Å². The Balaban J connectivity index is 2.11. The van der Waals surface area contributed by atoms with E-state index in [4.69, 9.17) is 10.5 Å². The van der Waals surface area contributed by atoms with Crippen molar-refractivity contribution in [2.45, 2.75) is 37.8 Å². The number of carbonyl (C=O) groups is 2. The molecule has 0 aliphatic rings. The largest absolute Gasteiger partial charge is 0.497 e. The van der Waals surface area contributed by atoms with Crippen LogP contribution in [0, 0.1) is 5.92 Å². The van der Waals surface area contributed by atoms with Crippen molar-refractivity contribution in [3.05, 3.63) is 54.1 Å². The van der Waals surface area contributed by atoms with Gasteiger partial charge in [0.1, 0.15) is 11.8 Å². The average molecular weight is 449 g/mol. The molecular formula is C21H28N4O5S. The van der Waals surface area contributed by atoms with Crippen LogP contribution >= 0.6 is 0 Å². The number of hydrogen-bond acceptors (Lipinski definition) is 5. The second-order valence-electron chi connectivity index (χ2n) is 7.36. The lowest BCUT2D eigenvalue weighted by atomic mass is 10.0. The highest BCUT2D eigenvalue weighted by Gasteiger charge is 2.29. The number of nitrogens with two attached hydrogens (primary N) is 1. The molecule has 1 unspecified atom stereocenters. The summed E-state index contributed by atoms with van der Waals surface area (Å²) in [6, 6.07) is 10.7. The lowest BCUT2D eigenvalue weighted by molar-refractivity contribution is -0.124. The molecule has 2 aromatic carbocycles. The van der Waals surface area contributed by atoms with Gasteiger partial charge in [-0.1, -0.05) is 26.0 Å². The van der Waals surface area contributed by atoms with Crippen LogP contribution < -0.4 is 25.8 Å². The first kappa shape index (κ1) is 24.2. The Kier molecular flexibility index (Phi) is 8.01. The molecule has 0 bridgehead atoms. The predicted octanol–water partition coefficient (Wildman–Crippen LogP) is 2.37. The number of amides is 3. The summed E-state index contributed by atoms with van der Waals surface area (Å²) in [6.45, 7) is 5.30. The Bertz CT molecular complexity index is 1010. The molecule has 3 amide bonds. The topological polar surface area (TPSA) is 140 Å². The van der Waals surface area contributed by atoms with E-state index in [1.807, 2.05) is 0 Å². The fraction of sp³-hybridized carbons (Fsp3) is 0.333. The summed E-state index contributed by atoms with van der Waals surface area (Å²) in [5.41, 5.74) is 6.40. The Morgan fingerprint density at radius 1 is 0.968 bits per heavy atom. The minimum absolute atomic E-state index is 0.0392. The molecule has 0 saturated heterocycles. The van der Waals surface area contributed by atoms with E-state index in [-0.39, 0.29) is 16.9 Å². The number of urea groups is 1. The molecule has 0 aromatic heterocycles. The zero-order valence-corrected chi connectivity index (χ0v) is 18.7. The van der Waals surface area contributed by atoms with Gasteiger partial charge in [-0.25, -0.2) is 13.2 Å². The summed E-state index contributed by atoms with van der Waals surface area (Å²) in [7, 11) is -2.42. The van der Waals surface area contributed by atoms with E-state index < -0.39 is 28.0 Å². The van der Waals surface area contributed by atoms with Crippen molar-refractivity contribution in [3.8, 4) is 5.75 Å². The van der Waals surface area contributed by atoms with Gasteiger partial charge in [-0.2, -0.15) is 4.72 Å². The van der Waals surface area contributed by atoms with Gasteiger partial charge in [0.15, 0.2) is 0 Å². The Labute approximate surface area is 182 Å². The van der Waals surface area contributed by atoms with Gasteiger partial charge < -0.3 is 21.1 Å². The normalized spacial score (nSPS) is 13.3. The molecule has 2 aromatic rings. The molecular weight excluding hydrogens is 420 g/mol. The van der Waals surface area contributed by atoms with Gasteiger partial charge in [-0.15, -0.1) is 0 Å². The summed E-state index contributed by atoms with van der Waals surface area (Å²) >= 11 is 0. The van der Waals surface area contributed by atoms with Crippen LogP contribution in [-0.2, 0) is 14.8 Å². The number of benzene rings is 2. The van der Waals surface area contributed by atoms with E-state index in [0.717, 1.165) is 5.56 Å². The monoisotopic (exact) mass is 448 g/mol. The molecule has 0 fully saturated rings. The smallest absolute Gasteiger partial charge is 0.316 e. The second-order valence-corrected chi connectivity index (χ2v) is 9.07. The summed E-state index contributed by atoms with van der Waals surface area (Å²) < 4.78 is 33.0. The van der Waals surface area contributed by atoms with Crippen molar-refractivity contribution >= 4 is 27.6 Å². The number of rotatable bonds is 9. The fourth-order valence-corrected chi connectivity index (χ4v) is 4.21. The van der Waals surface area contributed by atoms with Crippen LogP contribution in [0.25, 0.3) is 0 Å². The van der Waals surface area contributed by atoms with Crippen molar-refractivity contribution in [1.82, 2.24) is 10.0 Å². The first-order chi connectivity index (χ1) is 14.5. The molecule has 5 N–H and O–H groups in total. The molecule has 0 radical (unpaired) electrons. The molecule has 0 aliphatic carbocycles. The summed E-state index contributed by atoms with van der Waals surface area (Å²) in [4.78, 5) is 23.8.